The van der Waals surface area contributed by atoms with Crippen molar-refractivity contribution < 1.29 is 0 Å². The van der Waals surface area contributed by atoms with E-state index in [0.717, 1.165) is 5.52 Å². The molecule has 2 aromatic carbocycles. The summed E-state index contributed by atoms with van der Waals surface area (Å²) in [4.78, 5) is 0. The summed E-state index contributed by atoms with van der Waals surface area (Å²) >= 11 is 0. The first-order valence-corrected chi connectivity index (χ1v) is 9.42. The summed E-state index contributed by atoms with van der Waals surface area (Å²) in [6.07, 6.45) is 8.64. The summed E-state index contributed by atoms with van der Waals surface area (Å²) in [7, 11) is 0. The van der Waals surface area contributed by atoms with Crippen molar-refractivity contribution in [3.63, 3.8) is 0 Å². The van der Waals surface area contributed by atoms with Gasteiger partial charge in [-0.2, -0.15) is 0 Å². The van der Waals surface area contributed by atoms with Crippen LogP contribution in [0.4, 0.5) is 5.69 Å². The number of nitrogens with zero attached hydrogens (tertiary/aromatic N) is 1. The Hall–Kier alpha value is -2.42. The fourth-order valence-electron chi connectivity index (χ4n) is 5.36. The SMILES string of the molecule is Cc1cccc2c(C3Nc4ccccc4C34CCCCC4)cn(N)c12. The number of nitrogens with two attached hydrogens (primary N) is 1. The van der Waals surface area contributed by atoms with Crippen molar-refractivity contribution in [2.75, 3.05) is 11.2 Å². The summed E-state index contributed by atoms with van der Waals surface area (Å²) in [6.45, 7) is 2.14. The highest BCUT2D eigenvalue weighted by atomic mass is 15.3. The lowest BCUT2D eigenvalue weighted by Crippen LogP contribution is -2.34. The number of hydrogen-bond acceptors (Lipinski definition) is 2. The lowest BCUT2D eigenvalue weighted by molar-refractivity contribution is 0.270. The number of para-hydroxylation sites is 2. The Bertz CT molecular complexity index is 947. The lowest BCUT2D eigenvalue weighted by atomic mass is 9.65. The summed E-state index contributed by atoms with van der Waals surface area (Å²) in [6, 6.07) is 15.7. The van der Waals surface area contributed by atoms with Crippen LogP contribution in [0, 0.1) is 6.92 Å². The maximum absolute atomic E-state index is 6.36. The molecule has 25 heavy (non-hydrogen) atoms. The van der Waals surface area contributed by atoms with Crippen LogP contribution in [0.2, 0.25) is 0 Å². The zero-order chi connectivity index (χ0) is 17.0. The molecule has 1 atom stereocenters. The standard InChI is InChI=1S/C22H25N3/c1-15-8-7-9-16-17(14-25(23)20(15)16)21-22(12-5-2-6-13-22)18-10-3-4-11-19(18)24-21/h3-4,7-11,14,21,24H,2,5-6,12-13,23H2,1H3. The molecule has 2 aliphatic rings. The molecule has 5 rings (SSSR count). The third kappa shape index (κ3) is 1.98. The fourth-order valence-corrected chi connectivity index (χ4v) is 5.36. The van der Waals surface area contributed by atoms with Crippen molar-refractivity contribution >= 4 is 16.6 Å². The van der Waals surface area contributed by atoms with Gasteiger partial charge in [0.15, 0.2) is 0 Å². The first-order chi connectivity index (χ1) is 12.2. The molecule has 0 amide bonds. The molecular weight excluding hydrogens is 306 g/mol. The van der Waals surface area contributed by atoms with Crippen LogP contribution in [0.15, 0.2) is 48.7 Å². The number of rotatable bonds is 1. The summed E-state index contributed by atoms with van der Waals surface area (Å²) in [5.41, 5.74) is 6.75. The predicted molar refractivity (Wildman–Crippen MR) is 104 cm³/mol. The molecule has 1 aliphatic heterocycles. The molecule has 0 radical (unpaired) electrons. The number of nitrogen functional groups attached to an aromatic ring is 1. The van der Waals surface area contributed by atoms with E-state index in [9.17, 15) is 0 Å². The van der Waals surface area contributed by atoms with Gasteiger partial charge in [-0.15, -0.1) is 0 Å². The second kappa shape index (κ2) is 5.29. The Morgan fingerprint density at radius 1 is 1.04 bits per heavy atom. The van der Waals surface area contributed by atoms with Gasteiger partial charge in [0.05, 0.1) is 11.6 Å². The number of anilines is 1. The van der Waals surface area contributed by atoms with Crippen molar-refractivity contribution in [2.45, 2.75) is 50.5 Å². The lowest BCUT2D eigenvalue weighted by Gasteiger charge is -2.39. The Labute approximate surface area is 148 Å². The van der Waals surface area contributed by atoms with Crippen LogP contribution in [0.3, 0.4) is 0 Å². The number of hydrogen-bond donors (Lipinski definition) is 2. The van der Waals surface area contributed by atoms with E-state index in [0.29, 0.717) is 6.04 Å². The third-order valence-electron chi connectivity index (χ3n) is 6.46. The average molecular weight is 331 g/mol. The summed E-state index contributed by atoms with van der Waals surface area (Å²) in [5, 5.41) is 5.16. The van der Waals surface area contributed by atoms with Gasteiger partial charge in [0.2, 0.25) is 0 Å². The van der Waals surface area contributed by atoms with Crippen LogP contribution in [0.5, 0.6) is 0 Å². The third-order valence-corrected chi connectivity index (χ3v) is 6.46. The molecule has 3 nitrogen and oxygen atoms in total. The Kier molecular flexibility index (Phi) is 3.15. The molecule has 1 spiro atoms. The van der Waals surface area contributed by atoms with Gasteiger partial charge in [0.25, 0.3) is 0 Å². The molecule has 3 aromatic rings. The molecule has 1 fully saturated rings. The van der Waals surface area contributed by atoms with Crippen molar-refractivity contribution in [3.8, 4) is 0 Å². The van der Waals surface area contributed by atoms with Gasteiger partial charge >= 0.3 is 0 Å². The van der Waals surface area contributed by atoms with Crippen LogP contribution < -0.4 is 11.2 Å². The Morgan fingerprint density at radius 2 is 1.84 bits per heavy atom. The van der Waals surface area contributed by atoms with Crippen LogP contribution in [-0.2, 0) is 5.41 Å². The topological polar surface area (TPSA) is 43.0 Å². The van der Waals surface area contributed by atoms with Crippen molar-refractivity contribution in [1.29, 1.82) is 0 Å². The fraction of sp³-hybridized carbons (Fsp3) is 0.364. The molecule has 3 N–H and O–H groups in total. The smallest absolute Gasteiger partial charge is 0.0722 e. The molecule has 3 heteroatoms. The van der Waals surface area contributed by atoms with E-state index in [2.05, 4.69) is 60.9 Å². The van der Waals surface area contributed by atoms with E-state index >= 15 is 0 Å². The quantitative estimate of drug-likeness (QED) is 0.614. The predicted octanol–water partition coefficient (Wildman–Crippen LogP) is 5.03. The van der Waals surface area contributed by atoms with Crippen molar-refractivity contribution in [1.82, 2.24) is 4.68 Å². The Balaban J connectivity index is 1.73. The van der Waals surface area contributed by atoms with Crippen LogP contribution in [0.25, 0.3) is 10.9 Å². The van der Waals surface area contributed by atoms with Crippen LogP contribution >= 0.6 is 0 Å². The van der Waals surface area contributed by atoms with Gasteiger partial charge < -0.3 is 11.2 Å². The minimum Gasteiger partial charge on any atom is -0.377 e. The maximum Gasteiger partial charge on any atom is 0.0722 e. The molecule has 1 aromatic heterocycles. The summed E-state index contributed by atoms with van der Waals surface area (Å²) < 4.78 is 1.82. The zero-order valence-electron chi connectivity index (χ0n) is 14.8. The molecule has 128 valence electrons. The Morgan fingerprint density at radius 3 is 2.68 bits per heavy atom. The molecule has 1 unspecified atom stereocenters. The van der Waals surface area contributed by atoms with Crippen LogP contribution in [-0.4, -0.2) is 4.68 Å². The van der Waals surface area contributed by atoms with Gasteiger partial charge in [-0.05, 0) is 37.0 Å². The number of aromatic nitrogens is 1. The number of benzene rings is 2. The first kappa shape index (κ1) is 14.9. The normalized spacial score (nSPS) is 21.4. The second-order valence-electron chi connectivity index (χ2n) is 7.80. The maximum atomic E-state index is 6.36. The largest absolute Gasteiger partial charge is 0.377 e. The van der Waals surface area contributed by atoms with Crippen LogP contribution in [0.1, 0.15) is 54.8 Å². The minimum atomic E-state index is 0.201. The number of fused-ring (bicyclic) bond motifs is 3. The highest BCUT2D eigenvalue weighted by Crippen LogP contribution is 2.56. The van der Waals surface area contributed by atoms with E-state index < -0.39 is 0 Å². The van der Waals surface area contributed by atoms with Crippen molar-refractivity contribution in [3.05, 3.63) is 65.4 Å². The van der Waals surface area contributed by atoms with Gasteiger partial charge in [-0.1, -0.05) is 55.7 Å². The van der Waals surface area contributed by atoms with Gasteiger partial charge in [0.1, 0.15) is 0 Å². The number of nitrogens with one attached hydrogen (secondary N) is 1. The van der Waals surface area contributed by atoms with E-state index in [-0.39, 0.29) is 5.41 Å². The zero-order valence-corrected chi connectivity index (χ0v) is 14.8. The highest BCUT2D eigenvalue weighted by Gasteiger charge is 2.48. The van der Waals surface area contributed by atoms with E-state index in [4.69, 9.17) is 5.84 Å². The minimum absolute atomic E-state index is 0.201. The van der Waals surface area contributed by atoms with Crippen molar-refractivity contribution in [2.24, 2.45) is 0 Å². The molecule has 0 saturated heterocycles. The molecule has 0 bridgehead atoms. The highest BCUT2D eigenvalue weighted by molar-refractivity contribution is 5.88. The number of aryl methyl sites for hydroxylation is 1. The van der Waals surface area contributed by atoms with E-state index in [1.807, 2.05) is 4.68 Å². The van der Waals surface area contributed by atoms with Gasteiger partial charge in [0, 0.05) is 28.2 Å². The van der Waals surface area contributed by atoms with Gasteiger partial charge in [-0.3, -0.25) is 4.68 Å². The molecule has 1 saturated carbocycles. The average Bonchev–Trinajstić information content (AvgIpc) is 3.13. The van der Waals surface area contributed by atoms with E-state index in [1.165, 1.54) is 59.9 Å². The molecule has 1 aliphatic carbocycles. The summed E-state index contributed by atoms with van der Waals surface area (Å²) in [5.74, 6) is 6.36. The monoisotopic (exact) mass is 331 g/mol. The molecule has 2 heterocycles. The second-order valence-corrected chi connectivity index (χ2v) is 7.80. The molecular formula is C22H25N3. The van der Waals surface area contributed by atoms with E-state index in [1.54, 1.807) is 0 Å². The van der Waals surface area contributed by atoms with Gasteiger partial charge in [-0.25, -0.2) is 0 Å². The first-order valence-electron chi connectivity index (χ1n) is 9.42.